The Hall–Kier alpha value is -3.29. The van der Waals surface area contributed by atoms with Crippen molar-refractivity contribution in [1.82, 2.24) is 15.0 Å². The van der Waals surface area contributed by atoms with Gasteiger partial charge in [-0.2, -0.15) is 4.98 Å². The van der Waals surface area contributed by atoms with E-state index in [9.17, 15) is 4.79 Å². The predicted octanol–water partition coefficient (Wildman–Crippen LogP) is 3.54. The number of carbonyl (C=O) groups is 1. The summed E-state index contributed by atoms with van der Waals surface area (Å²) in [4.78, 5) is 18.9. The lowest BCUT2D eigenvalue weighted by Crippen LogP contribution is -2.39. The normalized spacial score (nSPS) is 13.5. The number of carbonyl (C=O) groups excluding carboxylic acids is 1. The van der Waals surface area contributed by atoms with Gasteiger partial charge in [0, 0.05) is 24.6 Å². The second-order valence-electron chi connectivity index (χ2n) is 6.56. The van der Waals surface area contributed by atoms with Crippen LogP contribution in [0.1, 0.15) is 36.7 Å². The minimum absolute atomic E-state index is 0.0638. The van der Waals surface area contributed by atoms with Crippen molar-refractivity contribution in [3.63, 3.8) is 0 Å². The zero-order chi connectivity index (χ0) is 19.5. The van der Waals surface area contributed by atoms with E-state index < -0.39 is 0 Å². The quantitative estimate of drug-likeness (QED) is 0.616. The van der Waals surface area contributed by atoms with Crippen LogP contribution in [0.15, 0.2) is 45.5 Å². The molecule has 3 heterocycles. The van der Waals surface area contributed by atoms with Crippen LogP contribution in [0, 0.1) is 0 Å². The molecule has 0 N–H and O–H groups in total. The van der Waals surface area contributed by atoms with E-state index in [2.05, 4.69) is 10.1 Å². The molecule has 4 rings (SSSR count). The van der Waals surface area contributed by atoms with Crippen molar-refractivity contribution >= 4 is 5.91 Å². The first-order chi connectivity index (χ1) is 13.7. The number of amides is 1. The number of hydrogen-bond donors (Lipinski definition) is 0. The van der Waals surface area contributed by atoms with Crippen molar-refractivity contribution < 1.29 is 23.2 Å². The molecular formula is C20H21N3O5. The summed E-state index contributed by atoms with van der Waals surface area (Å²) in [5.74, 6) is 2.49. The largest absolute Gasteiger partial charge is 0.459 e. The lowest BCUT2D eigenvalue weighted by atomic mass is 10.2. The van der Waals surface area contributed by atoms with Gasteiger partial charge in [0.25, 0.3) is 5.91 Å². The Bertz CT molecular complexity index is 951. The third kappa shape index (κ3) is 3.58. The molecule has 3 aromatic rings. The molecule has 0 spiro atoms. The van der Waals surface area contributed by atoms with Gasteiger partial charge in [-0.15, -0.1) is 0 Å². The van der Waals surface area contributed by atoms with Crippen molar-refractivity contribution in [1.29, 1.82) is 0 Å². The number of rotatable bonds is 7. The Morgan fingerprint density at radius 2 is 2.11 bits per heavy atom. The monoisotopic (exact) mass is 383 g/mol. The third-order valence-electron chi connectivity index (χ3n) is 4.78. The van der Waals surface area contributed by atoms with Gasteiger partial charge in [0.15, 0.2) is 17.3 Å². The Balaban J connectivity index is 1.46. The Morgan fingerprint density at radius 1 is 1.25 bits per heavy atom. The number of furan rings is 1. The minimum atomic E-state index is -0.144. The SMILES string of the molecule is CCC(C)N(CCc1nc(-c2ccc3c(c2)OCO3)no1)C(=O)c1ccco1. The van der Waals surface area contributed by atoms with Gasteiger partial charge in [-0.3, -0.25) is 4.79 Å². The molecule has 28 heavy (non-hydrogen) atoms. The molecule has 0 bridgehead atoms. The van der Waals surface area contributed by atoms with Gasteiger partial charge in [-0.05, 0) is 43.7 Å². The van der Waals surface area contributed by atoms with E-state index in [4.69, 9.17) is 18.4 Å². The number of fused-ring (bicyclic) bond motifs is 1. The average Bonchev–Trinajstić information content (AvgIpc) is 3.48. The highest BCUT2D eigenvalue weighted by atomic mass is 16.7. The number of hydrogen-bond acceptors (Lipinski definition) is 7. The summed E-state index contributed by atoms with van der Waals surface area (Å²) in [6.45, 7) is 4.72. The lowest BCUT2D eigenvalue weighted by molar-refractivity contribution is 0.0654. The maximum Gasteiger partial charge on any atom is 0.289 e. The van der Waals surface area contributed by atoms with Gasteiger partial charge in [0.2, 0.25) is 18.5 Å². The number of aromatic nitrogens is 2. The highest BCUT2D eigenvalue weighted by Gasteiger charge is 2.23. The summed E-state index contributed by atoms with van der Waals surface area (Å²) in [6.07, 6.45) is 2.78. The van der Waals surface area contributed by atoms with Crippen LogP contribution in [-0.2, 0) is 6.42 Å². The summed E-state index contributed by atoms with van der Waals surface area (Å²) in [5, 5.41) is 4.05. The molecule has 1 aliphatic heterocycles. The topological polar surface area (TPSA) is 90.8 Å². The highest BCUT2D eigenvalue weighted by molar-refractivity contribution is 5.91. The summed E-state index contributed by atoms with van der Waals surface area (Å²) in [5.41, 5.74) is 0.782. The van der Waals surface area contributed by atoms with Crippen LogP contribution in [0.5, 0.6) is 11.5 Å². The molecule has 0 radical (unpaired) electrons. The van der Waals surface area contributed by atoms with Crippen LogP contribution in [0.4, 0.5) is 0 Å². The molecule has 8 nitrogen and oxygen atoms in total. The van der Waals surface area contributed by atoms with Crippen LogP contribution in [0.25, 0.3) is 11.4 Å². The van der Waals surface area contributed by atoms with E-state index in [1.54, 1.807) is 17.0 Å². The Kier molecular flexibility index (Phi) is 5.01. The first-order valence-corrected chi connectivity index (χ1v) is 9.22. The lowest BCUT2D eigenvalue weighted by Gasteiger charge is -2.27. The number of nitrogens with zero attached hydrogens (tertiary/aromatic N) is 3. The number of ether oxygens (including phenoxy) is 2. The maximum atomic E-state index is 12.7. The fourth-order valence-corrected chi connectivity index (χ4v) is 3.01. The van der Waals surface area contributed by atoms with Gasteiger partial charge in [0.1, 0.15) is 0 Å². The fourth-order valence-electron chi connectivity index (χ4n) is 3.01. The van der Waals surface area contributed by atoms with Gasteiger partial charge in [-0.1, -0.05) is 12.1 Å². The fraction of sp³-hybridized carbons (Fsp3) is 0.350. The maximum absolute atomic E-state index is 12.7. The van der Waals surface area contributed by atoms with Gasteiger partial charge in [-0.25, -0.2) is 0 Å². The van der Waals surface area contributed by atoms with E-state index in [0.29, 0.717) is 41.9 Å². The van der Waals surface area contributed by atoms with Crippen molar-refractivity contribution in [3.8, 4) is 22.9 Å². The molecule has 1 unspecified atom stereocenters. The first-order valence-electron chi connectivity index (χ1n) is 9.22. The molecule has 0 fully saturated rings. The molecular weight excluding hydrogens is 362 g/mol. The summed E-state index contributed by atoms with van der Waals surface area (Å²) >= 11 is 0. The van der Waals surface area contributed by atoms with Crippen LogP contribution in [-0.4, -0.2) is 40.3 Å². The molecule has 8 heteroatoms. The highest BCUT2D eigenvalue weighted by Crippen LogP contribution is 2.35. The Labute approximate surface area is 162 Å². The summed E-state index contributed by atoms with van der Waals surface area (Å²) in [6, 6.07) is 8.94. The first kappa shape index (κ1) is 18.1. The molecule has 1 atom stereocenters. The summed E-state index contributed by atoms with van der Waals surface area (Å²) in [7, 11) is 0. The standard InChI is InChI=1S/C20H21N3O5/c1-3-13(2)23(20(24)16-5-4-10-25-16)9-8-18-21-19(22-28-18)14-6-7-15-17(11-14)27-12-26-15/h4-7,10-11,13H,3,8-9,12H2,1-2H3. The smallest absolute Gasteiger partial charge is 0.289 e. The average molecular weight is 383 g/mol. The molecule has 1 aliphatic rings. The van der Waals surface area contributed by atoms with Gasteiger partial charge < -0.3 is 23.3 Å². The van der Waals surface area contributed by atoms with Crippen LogP contribution in [0.2, 0.25) is 0 Å². The van der Waals surface area contributed by atoms with E-state index in [1.807, 2.05) is 32.0 Å². The molecule has 0 saturated carbocycles. The van der Waals surface area contributed by atoms with Crippen molar-refractivity contribution in [2.45, 2.75) is 32.7 Å². The van der Waals surface area contributed by atoms with Crippen molar-refractivity contribution in [2.24, 2.45) is 0 Å². The summed E-state index contributed by atoms with van der Waals surface area (Å²) < 4.78 is 21.3. The second-order valence-corrected chi connectivity index (χ2v) is 6.56. The molecule has 0 aliphatic carbocycles. The molecule has 2 aromatic heterocycles. The van der Waals surface area contributed by atoms with Crippen LogP contribution in [0.3, 0.4) is 0 Å². The van der Waals surface area contributed by atoms with E-state index in [1.165, 1.54) is 6.26 Å². The number of benzene rings is 1. The van der Waals surface area contributed by atoms with E-state index in [0.717, 1.165) is 12.0 Å². The van der Waals surface area contributed by atoms with Crippen molar-refractivity contribution in [2.75, 3.05) is 13.3 Å². The molecule has 1 aromatic carbocycles. The van der Waals surface area contributed by atoms with Gasteiger partial charge >= 0.3 is 0 Å². The van der Waals surface area contributed by atoms with Crippen LogP contribution < -0.4 is 9.47 Å². The molecule has 0 saturated heterocycles. The molecule has 1 amide bonds. The minimum Gasteiger partial charge on any atom is -0.459 e. The van der Waals surface area contributed by atoms with E-state index in [-0.39, 0.29) is 18.7 Å². The van der Waals surface area contributed by atoms with Crippen LogP contribution >= 0.6 is 0 Å². The predicted molar refractivity (Wildman–Crippen MR) is 99.1 cm³/mol. The molecule has 146 valence electrons. The second kappa shape index (κ2) is 7.75. The zero-order valence-electron chi connectivity index (χ0n) is 15.8. The van der Waals surface area contributed by atoms with E-state index >= 15 is 0 Å². The zero-order valence-corrected chi connectivity index (χ0v) is 15.8. The van der Waals surface area contributed by atoms with Gasteiger partial charge in [0.05, 0.1) is 6.26 Å². The van der Waals surface area contributed by atoms with Crippen molar-refractivity contribution in [3.05, 3.63) is 48.2 Å². The third-order valence-corrected chi connectivity index (χ3v) is 4.78. The Morgan fingerprint density at radius 3 is 2.89 bits per heavy atom.